The Kier molecular flexibility index (Phi) is 5.23. The van der Waals surface area contributed by atoms with Crippen molar-refractivity contribution in [3.05, 3.63) is 64.7 Å². The maximum absolute atomic E-state index is 13.1. The fourth-order valence-corrected chi connectivity index (χ4v) is 3.49. The number of amides is 3. The van der Waals surface area contributed by atoms with Crippen molar-refractivity contribution in [2.75, 3.05) is 6.54 Å². The average molecular weight is 380 g/mol. The molecule has 3 rings (SSSR count). The van der Waals surface area contributed by atoms with E-state index in [0.717, 1.165) is 21.6 Å². The third-order valence-corrected chi connectivity index (χ3v) is 5.35. The number of rotatable bonds is 5. The van der Waals surface area contributed by atoms with Crippen LogP contribution in [0.4, 0.5) is 4.79 Å². The van der Waals surface area contributed by atoms with E-state index >= 15 is 0 Å². The molecule has 3 amide bonds. The van der Waals surface area contributed by atoms with Gasteiger partial charge in [-0.1, -0.05) is 49.4 Å². The van der Waals surface area contributed by atoms with Gasteiger partial charge in [-0.2, -0.15) is 0 Å². The summed E-state index contributed by atoms with van der Waals surface area (Å²) in [5, 5.41) is 2.76. The number of hydrogen-bond acceptors (Lipinski definition) is 4. The summed E-state index contributed by atoms with van der Waals surface area (Å²) in [5.41, 5.74) is 2.21. The second kappa shape index (κ2) is 7.46. The molecular weight excluding hydrogens is 356 g/mol. The van der Waals surface area contributed by atoms with Gasteiger partial charge in [-0.15, -0.1) is 0 Å². The van der Waals surface area contributed by atoms with Crippen LogP contribution in [0.25, 0.3) is 0 Å². The number of carbonyl (C=O) groups excluding carboxylic acids is 3. The summed E-state index contributed by atoms with van der Waals surface area (Å²) in [6.45, 7) is 7.04. The van der Waals surface area contributed by atoms with Crippen LogP contribution in [0.2, 0.25) is 0 Å². The molecule has 6 heteroatoms. The number of ether oxygens (including phenoxy) is 1. The van der Waals surface area contributed by atoms with Crippen molar-refractivity contribution in [1.29, 1.82) is 0 Å². The normalized spacial score (nSPS) is 18.9. The van der Waals surface area contributed by atoms with Crippen molar-refractivity contribution in [3.8, 4) is 5.75 Å². The molecule has 1 fully saturated rings. The molecule has 2 aromatic rings. The molecule has 0 bridgehead atoms. The van der Waals surface area contributed by atoms with Crippen molar-refractivity contribution in [3.63, 3.8) is 0 Å². The van der Waals surface area contributed by atoms with E-state index in [1.165, 1.54) is 0 Å². The smallest absolute Gasteiger partial charge is 0.331 e. The Morgan fingerprint density at radius 3 is 2.32 bits per heavy atom. The number of carbonyl (C=O) groups is 3. The monoisotopic (exact) mass is 380 g/mol. The van der Waals surface area contributed by atoms with E-state index in [1.807, 2.05) is 58.0 Å². The number of aryl methyl sites for hydroxylation is 2. The van der Waals surface area contributed by atoms with Gasteiger partial charge in [0.2, 0.25) is 0 Å². The molecule has 1 saturated heterocycles. The number of benzene rings is 2. The number of nitrogens with zero attached hydrogens (tertiary/aromatic N) is 1. The first kappa shape index (κ1) is 19.6. The van der Waals surface area contributed by atoms with E-state index in [-0.39, 0.29) is 0 Å². The Bertz CT molecular complexity index is 939. The minimum absolute atomic E-state index is 0.378. The SMILES string of the molecule is CCC1(c2ccccc2)NC(=O)N(CC(=O)Oc2c(C)ccc(C)c2C)C1=O. The van der Waals surface area contributed by atoms with E-state index < -0.39 is 30.0 Å². The molecule has 1 aliphatic heterocycles. The van der Waals surface area contributed by atoms with E-state index in [9.17, 15) is 14.4 Å². The van der Waals surface area contributed by atoms with Crippen LogP contribution in [0, 0.1) is 20.8 Å². The number of esters is 1. The van der Waals surface area contributed by atoms with Crippen LogP contribution in [-0.2, 0) is 15.1 Å². The van der Waals surface area contributed by atoms with Gasteiger partial charge in [0.05, 0.1) is 0 Å². The largest absolute Gasteiger partial charge is 0.425 e. The zero-order valence-electron chi connectivity index (χ0n) is 16.5. The molecule has 0 aromatic heterocycles. The van der Waals surface area contributed by atoms with Gasteiger partial charge in [0.25, 0.3) is 5.91 Å². The Hall–Kier alpha value is -3.15. The van der Waals surface area contributed by atoms with E-state index in [0.29, 0.717) is 17.7 Å². The standard InChI is InChI=1S/C22H24N2O4/c1-5-22(17-9-7-6-8-10-17)20(26)24(21(27)23-22)13-18(25)28-19-15(3)12-11-14(2)16(19)4/h6-12H,5,13H2,1-4H3,(H,23,27). The predicted molar refractivity (Wildman–Crippen MR) is 105 cm³/mol. The molecule has 146 valence electrons. The van der Waals surface area contributed by atoms with Crippen molar-refractivity contribution < 1.29 is 19.1 Å². The van der Waals surface area contributed by atoms with Crippen molar-refractivity contribution in [2.45, 2.75) is 39.7 Å². The number of imide groups is 1. The number of nitrogens with one attached hydrogen (secondary N) is 1. The highest BCUT2D eigenvalue weighted by Crippen LogP contribution is 2.32. The third kappa shape index (κ3) is 3.26. The molecule has 2 aromatic carbocycles. The highest BCUT2D eigenvalue weighted by Gasteiger charge is 2.51. The van der Waals surface area contributed by atoms with Crippen molar-refractivity contribution in [2.24, 2.45) is 0 Å². The number of hydrogen-bond donors (Lipinski definition) is 1. The minimum Gasteiger partial charge on any atom is -0.425 e. The molecule has 28 heavy (non-hydrogen) atoms. The van der Waals surface area contributed by atoms with E-state index in [4.69, 9.17) is 4.74 Å². The topological polar surface area (TPSA) is 75.7 Å². The van der Waals surface area contributed by atoms with Gasteiger partial charge in [-0.3, -0.25) is 9.69 Å². The molecule has 1 unspecified atom stereocenters. The molecule has 1 atom stereocenters. The molecule has 1 heterocycles. The Morgan fingerprint density at radius 1 is 1.04 bits per heavy atom. The second-order valence-electron chi connectivity index (χ2n) is 7.07. The summed E-state index contributed by atoms with van der Waals surface area (Å²) in [6, 6.07) is 12.3. The van der Waals surface area contributed by atoms with Crippen molar-refractivity contribution >= 4 is 17.9 Å². The molecule has 0 saturated carbocycles. The lowest BCUT2D eigenvalue weighted by Gasteiger charge is -2.25. The molecular formula is C22H24N2O4. The second-order valence-corrected chi connectivity index (χ2v) is 7.07. The lowest BCUT2D eigenvalue weighted by Crippen LogP contribution is -2.44. The van der Waals surface area contributed by atoms with Crippen LogP contribution in [0.5, 0.6) is 5.75 Å². The summed E-state index contributed by atoms with van der Waals surface area (Å²) >= 11 is 0. The number of urea groups is 1. The molecule has 0 spiro atoms. The Labute approximate surface area is 164 Å². The average Bonchev–Trinajstić information content (AvgIpc) is 2.94. The molecule has 0 radical (unpaired) electrons. The zero-order chi connectivity index (χ0) is 20.5. The lowest BCUT2D eigenvalue weighted by atomic mass is 9.87. The van der Waals surface area contributed by atoms with Gasteiger partial charge in [-0.05, 0) is 49.4 Å². The maximum Gasteiger partial charge on any atom is 0.331 e. The summed E-state index contributed by atoms with van der Waals surface area (Å²) < 4.78 is 5.51. The van der Waals surface area contributed by atoms with Crippen LogP contribution < -0.4 is 10.1 Å². The predicted octanol–water partition coefficient (Wildman–Crippen LogP) is 3.37. The fraction of sp³-hybridized carbons (Fsp3) is 0.318. The third-order valence-electron chi connectivity index (χ3n) is 5.35. The minimum atomic E-state index is -1.16. The first-order valence-corrected chi connectivity index (χ1v) is 9.27. The highest BCUT2D eigenvalue weighted by molar-refractivity contribution is 6.09. The quantitative estimate of drug-likeness (QED) is 0.490. The van der Waals surface area contributed by atoms with Gasteiger partial charge >= 0.3 is 12.0 Å². The summed E-state index contributed by atoms with van der Waals surface area (Å²) in [6.07, 6.45) is 0.378. The molecule has 6 nitrogen and oxygen atoms in total. The Balaban J connectivity index is 1.82. The van der Waals surface area contributed by atoms with Gasteiger partial charge in [0, 0.05) is 0 Å². The van der Waals surface area contributed by atoms with Crippen LogP contribution in [0.15, 0.2) is 42.5 Å². The van der Waals surface area contributed by atoms with Crippen LogP contribution in [-0.4, -0.2) is 29.4 Å². The van der Waals surface area contributed by atoms with E-state index in [1.54, 1.807) is 12.1 Å². The highest BCUT2D eigenvalue weighted by atomic mass is 16.5. The summed E-state index contributed by atoms with van der Waals surface area (Å²) in [5.74, 6) is -0.622. The first-order chi connectivity index (χ1) is 13.3. The van der Waals surface area contributed by atoms with Crippen molar-refractivity contribution in [1.82, 2.24) is 10.2 Å². The van der Waals surface area contributed by atoms with E-state index in [2.05, 4.69) is 5.32 Å². The Morgan fingerprint density at radius 2 is 1.68 bits per heavy atom. The van der Waals surface area contributed by atoms with Crippen LogP contribution >= 0.6 is 0 Å². The summed E-state index contributed by atoms with van der Waals surface area (Å²) in [4.78, 5) is 39.0. The lowest BCUT2D eigenvalue weighted by molar-refractivity contribution is -0.141. The zero-order valence-corrected chi connectivity index (χ0v) is 16.5. The summed E-state index contributed by atoms with van der Waals surface area (Å²) in [7, 11) is 0. The van der Waals surface area contributed by atoms with Gasteiger partial charge in [0.15, 0.2) is 0 Å². The molecule has 0 aliphatic carbocycles. The first-order valence-electron chi connectivity index (χ1n) is 9.27. The van der Waals surface area contributed by atoms with Crippen LogP contribution in [0.3, 0.4) is 0 Å². The fourth-order valence-electron chi connectivity index (χ4n) is 3.49. The van der Waals surface area contributed by atoms with Gasteiger partial charge < -0.3 is 10.1 Å². The van der Waals surface area contributed by atoms with Crippen LogP contribution in [0.1, 0.15) is 35.6 Å². The maximum atomic E-state index is 13.1. The molecule has 1 N–H and O–H groups in total. The van der Waals surface area contributed by atoms with Gasteiger partial charge in [0.1, 0.15) is 17.8 Å². The molecule has 1 aliphatic rings. The van der Waals surface area contributed by atoms with Gasteiger partial charge in [-0.25, -0.2) is 9.59 Å².